The number of aliphatic hydroxyl groups is 1. The Bertz CT molecular complexity index is 599. The SMILES string of the molecule is C[C@@H](O)c1cc([N+](=O)[O-])ccc1OCc1ccccn1. The van der Waals surface area contributed by atoms with Crippen molar-refractivity contribution >= 4 is 5.69 Å². The molecule has 0 aliphatic carbocycles. The van der Waals surface area contributed by atoms with Gasteiger partial charge in [-0.3, -0.25) is 15.1 Å². The Labute approximate surface area is 115 Å². The molecule has 0 radical (unpaired) electrons. The second-order valence-corrected chi connectivity index (χ2v) is 4.26. The van der Waals surface area contributed by atoms with Gasteiger partial charge < -0.3 is 9.84 Å². The Morgan fingerprint density at radius 3 is 2.80 bits per heavy atom. The van der Waals surface area contributed by atoms with E-state index in [0.29, 0.717) is 11.3 Å². The number of nitro benzene ring substituents is 1. The van der Waals surface area contributed by atoms with Crippen LogP contribution in [0.4, 0.5) is 5.69 Å². The summed E-state index contributed by atoms with van der Waals surface area (Å²) in [4.78, 5) is 14.4. The standard InChI is InChI=1S/C14H14N2O4/c1-10(17)13-8-12(16(18)19)5-6-14(13)20-9-11-4-2-3-7-15-11/h2-8,10,17H,9H2,1H3/t10-/m1/s1. The van der Waals surface area contributed by atoms with Gasteiger partial charge in [-0.25, -0.2) is 0 Å². The summed E-state index contributed by atoms with van der Waals surface area (Å²) >= 11 is 0. The van der Waals surface area contributed by atoms with Crippen LogP contribution in [0.25, 0.3) is 0 Å². The van der Waals surface area contributed by atoms with Crippen LogP contribution in [0.5, 0.6) is 5.75 Å². The molecule has 1 aromatic carbocycles. The Hall–Kier alpha value is -2.47. The predicted octanol–water partition coefficient (Wildman–Crippen LogP) is 2.62. The summed E-state index contributed by atoms with van der Waals surface area (Å²) in [5.41, 5.74) is 1.05. The maximum absolute atomic E-state index is 10.7. The lowest BCUT2D eigenvalue weighted by molar-refractivity contribution is -0.385. The van der Waals surface area contributed by atoms with Crippen molar-refractivity contribution in [3.05, 3.63) is 64.0 Å². The van der Waals surface area contributed by atoms with Crippen molar-refractivity contribution < 1.29 is 14.8 Å². The fraction of sp³-hybridized carbons (Fsp3) is 0.214. The van der Waals surface area contributed by atoms with E-state index in [0.717, 1.165) is 5.69 Å². The van der Waals surface area contributed by atoms with Gasteiger partial charge in [-0.1, -0.05) is 6.07 Å². The second kappa shape index (κ2) is 6.12. The van der Waals surface area contributed by atoms with Crippen LogP contribution >= 0.6 is 0 Å². The molecule has 0 fully saturated rings. The summed E-state index contributed by atoms with van der Waals surface area (Å²) in [5, 5.41) is 20.4. The second-order valence-electron chi connectivity index (χ2n) is 4.26. The Morgan fingerprint density at radius 2 is 2.20 bits per heavy atom. The van der Waals surface area contributed by atoms with Gasteiger partial charge in [0.05, 0.1) is 16.7 Å². The molecule has 0 amide bonds. The van der Waals surface area contributed by atoms with E-state index in [1.165, 1.54) is 25.1 Å². The summed E-state index contributed by atoms with van der Waals surface area (Å²) in [6, 6.07) is 9.61. The van der Waals surface area contributed by atoms with Crippen LogP contribution in [0.2, 0.25) is 0 Å². The van der Waals surface area contributed by atoms with Crippen LogP contribution in [0.15, 0.2) is 42.6 Å². The molecule has 0 spiro atoms. The number of rotatable bonds is 5. The fourth-order valence-electron chi connectivity index (χ4n) is 1.74. The summed E-state index contributed by atoms with van der Waals surface area (Å²) in [6.45, 7) is 1.77. The number of aliphatic hydroxyl groups excluding tert-OH is 1. The number of hydrogen-bond donors (Lipinski definition) is 1. The largest absolute Gasteiger partial charge is 0.487 e. The number of hydrogen-bond acceptors (Lipinski definition) is 5. The highest BCUT2D eigenvalue weighted by atomic mass is 16.6. The van der Waals surface area contributed by atoms with Crippen LogP contribution in [-0.2, 0) is 6.61 Å². The first kappa shape index (κ1) is 14.0. The number of aromatic nitrogens is 1. The van der Waals surface area contributed by atoms with Gasteiger partial charge in [-0.15, -0.1) is 0 Å². The van der Waals surface area contributed by atoms with E-state index in [9.17, 15) is 15.2 Å². The van der Waals surface area contributed by atoms with Gasteiger partial charge in [0.25, 0.3) is 5.69 Å². The molecule has 1 aromatic heterocycles. The lowest BCUT2D eigenvalue weighted by Gasteiger charge is -2.13. The zero-order valence-electron chi connectivity index (χ0n) is 10.9. The summed E-state index contributed by atoms with van der Waals surface area (Å²) in [6.07, 6.45) is 0.804. The van der Waals surface area contributed by atoms with Crippen LogP contribution < -0.4 is 4.74 Å². The number of nitro groups is 1. The van der Waals surface area contributed by atoms with Gasteiger partial charge in [0, 0.05) is 23.9 Å². The highest BCUT2D eigenvalue weighted by Crippen LogP contribution is 2.29. The Kier molecular flexibility index (Phi) is 4.27. The van der Waals surface area contributed by atoms with E-state index in [2.05, 4.69) is 4.98 Å². The van der Waals surface area contributed by atoms with Crippen LogP contribution in [-0.4, -0.2) is 15.0 Å². The zero-order valence-corrected chi connectivity index (χ0v) is 10.9. The van der Waals surface area contributed by atoms with Crippen LogP contribution in [0.1, 0.15) is 24.3 Å². The van der Waals surface area contributed by atoms with E-state index < -0.39 is 11.0 Å². The third-order valence-electron chi connectivity index (χ3n) is 2.76. The maximum atomic E-state index is 10.7. The highest BCUT2D eigenvalue weighted by Gasteiger charge is 2.15. The molecule has 6 heteroatoms. The van der Waals surface area contributed by atoms with Gasteiger partial charge in [0.1, 0.15) is 12.4 Å². The molecular formula is C14H14N2O4. The van der Waals surface area contributed by atoms with E-state index in [1.807, 2.05) is 12.1 Å². The van der Waals surface area contributed by atoms with Gasteiger partial charge >= 0.3 is 0 Å². The monoisotopic (exact) mass is 274 g/mol. The molecule has 1 atom stereocenters. The molecule has 0 unspecified atom stereocenters. The summed E-state index contributed by atoms with van der Waals surface area (Å²) in [5.74, 6) is 0.413. The van der Waals surface area contributed by atoms with Crippen molar-refractivity contribution in [1.82, 2.24) is 4.98 Å². The van der Waals surface area contributed by atoms with E-state index >= 15 is 0 Å². The number of nitrogens with zero attached hydrogens (tertiary/aromatic N) is 2. The molecule has 0 bridgehead atoms. The van der Waals surface area contributed by atoms with Crippen molar-refractivity contribution in [3.63, 3.8) is 0 Å². The third kappa shape index (κ3) is 3.30. The fourth-order valence-corrected chi connectivity index (χ4v) is 1.74. The lowest BCUT2D eigenvalue weighted by atomic mass is 10.1. The number of benzene rings is 1. The first-order valence-corrected chi connectivity index (χ1v) is 6.07. The van der Waals surface area contributed by atoms with E-state index in [4.69, 9.17) is 4.74 Å². The normalized spacial score (nSPS) is 11.9. The molecule has 2 aromatic rings. The van der Waals surface area contributed by atoms with Gasteiger partial charge in [0.2, 0.25) is 0 Å². The molecular weight excluding hydrogens is 260 g/mol. The first-order chi connectivity index (χ1) is 9.58. The molecule has 2 rings (SSSR count). The molecule has 104 valence electrons. The zero-order chi connectivity index (χ0) is 14.5. The third-order valence-corrected chi connectivity index (χ3v) is 2.76. The molecule has 0 saturated carbocycles. The van der Waals surface area contributed by atoms with Crippen molar-refractivity contribution in [1.29, 1.82) is 0 Å². The number of ether oxygens (including phenoxy) is 1. The van der Waals surface area contributed by atoms with Gasteiger partial charge in [-0.2, -0.15) is 0 Å². The smallest absolute Gasteiger partial charge is 0.270 e. The first-order valence-electron chi connectivity index (χ1n) is 6.07. The maximum Gasteiger partial charge on any atom is 0.270 e. The quantitative estimate of drug-likeness (QED) is 0.669. The minimum atomic E-state index is -0.853. The Balaban J connectivity index is 2.20. The molecule has 1 heterocycles. The average molecular weight is 274 g/mol. The van der Waals surface area contributed by atoms with Crippen molar-refractivity contribution in [2.75, 3.05) is 0 Å². The molecule has 1 N–H and O–H groups in total. The number of pyridine rings is 1. The predicted molar refractivity (Wildman–Crippen MR) is 72.3 cm³/mol. The van der Waals surface area contributed by atoms with Gasteiger partial charge in [0.15, 0.2) is 0 Å². The summed E-state index contributed by atoms with van der Waals surface area (Å²) in [7, 11) is 0. The highest BCUT2D eigenvalue weighted by molar-refractivity contribution is 5.44. The lowest BCUT2D eigenvalue weighted by Crippen LogP contribution is -2.03. The molecule has 0 aliphatic rings. The van der Waals surface area contributed by atoms with Gasteiger partial charge in [-0.05, 0) is 25.1 Å². The molecule has 20 heavy (non-hydrogen) atoms. The Morgan fingerprint density at radius 1 is 1.40 bits per heavy atom. The van der Waals surface area contributed by atoms with Crippen LogP contribution in [0.3, 0.4) is 0 Å². The summed E-state index contributed by atoms with van der Waals surface area (Å²) < 4.78 is 5.57. The van der Waals surface area contributed by atoms with E-state index in [-0.39, 0.29) is 12.3 Å². The van der Waals surface area contributed by atoms with Crippen molar-refractivity contribution in [2.45, 2.75) is 19.6 Å². The van der Waals surface area contributed by atoms with Crippen molar-refractivity contribution in [3.8, 4) is 5.75 Å². The molecule has 0 aliphatic heterocycles. The minimum absolute atomic E-state index is 0.0777. The van der Waals surface area contributed by atoms with Crippen molar-refractivity contribution in [2.24, 2.45) is 0 Å². The van der Waals surface area contributed by atoms with E-state index in [1.54, 1.807) is 12.3 Å². The minimum Gasteiger partial charge on any atom is -0.487 e. The molecule has 6 nitrogen and oxygen atoms in total. The van der Waals surface area contributed by atoms with Crippen LogP contribution in [0, 0.1) is 10.1 Å². The average Bonchev–Trinajstić information content (AvgIpc) is 2.45. The number of non-ortho nitro benzene ring substituents is 1. The molecule has 0 saturated heterocycles. The topological polar surface area (TPSA) is 85.5 Å².